The third-order valence-corrected chi connectivity index (χ3v) is 3.61. The number of hydrogen-bond donors (Lipinski definition) is 0. The minimum absolute atomic E-state index is 0.0137. The van der Waals surface area contributed by atoms with E-state index in [1.807, 2.05) is 0 Å². The van der Waals surface area contributed by atoms with Gasteiger partial charge in [0.15, 0.2) is 0 Å². The van der Waals surface area contributed by atoms with Crippen LogP contribution in [0.1, 0.15) is 6.92 Å². The molecule has 0 radical (unpaired) electrons. The van der Waals surface area contributed by atoms with Gasteiger partial charge in [-0.05, 0) is 0 Å². The lowest BCUT2D eigenvalue weighted by atomic mass is 10.3. The first-order valence-corrected chi connectivity index (χ1v) is 7.32. The van der Waals surface area contributed by atoms with Crippen LogP contribution in [0.3, 0.4) is 0 Å². The van der Waals surface area contributed by atoms with Gasteiger partial charge >= 0.3 is 11.8 Å². The van der Waals surface area contributed by atoms with E-state index in [0.29, 0.717) is 52.5 Å². The number of ether oxygens (including phenoxy) is 2. The van der Waals surface area contributed by atoms with Crippen LogP contribution in [0.5, 0.6) is 0 Å². The van der Waals surface area contributed by atoms with E-state index >= 15 is 0 Å². The number of methoxy groups -OCH3 is 2. The van der Waals surface area contributed by atoms with E-state index < -0.39 is 11.8 Å². The lowest BCUT2D eigenvalue weighted by Gasteiger charge is -2.34. The molecule has 8 nitrogen and oxygen atoms in total. The molecule has 0 bridgehead atoms. The number of rotatable bonds is 6. The molecule has 0 saturated carbocycles. The molecular formula is C14H25N3O5. The zero-order chi connectivity index (χ0) is 16.5. The molecule has 0 aromatic rings. The van der Waals surface area contributed by atoms with Crippen molar-refractivity contribution in [3.63, 3.8) is 0 Å². The Morgan fingerprint density at radius 1 is 0.909 bits per heavy atom. The lowest BCUT2D eigenvalue weighted by Crippen LogP contribution is -2.54. The van der Waals surface area contributed by atoms with Crippen LogP contribution < -0.4 is 0 Å². The summed E-state index contributed by atoms with van der Waals surface area (Å²) in [6.07, 6.45) is 0. The second-order valence-corrected chi connectivity index (χ2v) is 5.08. The summed E-state index contributed by atoms with van der Waals surface area (Å²) < 4.78 is 9.93. The van der Waals surface area contributed by atoms with Gasteiger partial charge in [0.25, 0.3) is 0 Å². The van der Waals surface area contributed by atoms with Crippen molar-refractivity contribution in [3.05, 3.63) is 0 Å². The molecular weight excluding hydrogens is 290 g/mol. The van der Waals surface area contributed by atoms with Gasteiger partial charge in [0.1, 0.15) is 0 Å². The van der Waals surface area contributed by atoms with E-state index in [4.69, 9.17) is 9.47 Å². The molecule has 22 heavy (non-hydrogen) atoms. The standard InChI is InChI=1S/C14H25N3O5/c1-12(18)15-4-6-16(7-5-15)13(19)14(20)17(8-10-21-2)9-11-22-3/h4-11H2,1-3H3. The Hall–Kier alpha value is -1.67. The van der Waals surface area contributed by atoms with Gasteiger partial charge in [0, 0.05) is 60.4 Å². The Kier molecular flexibility index (Phi) is 7.83. The topological polar surface area (TPSA) is 79.4 Å². The number of amides is 3. The van der Waals surface area contributed by atoms with Gasteiger partial charge in [-0.3, -0.25) is 14.4 Å². The van der Waals surface area contributed by atoms with Crippen molar-refractivity contribution >= 4 is 17.7 Å². The number of carbonyl (C=O) groups is 3. The first kappa shape index (κ1) is 18.4. The monoisotopic (exact) mass is 315 g/mol. The van der Waals surface area contributed by atoms with Gasteiger partial charge < -0.3 is 24.2 Å². The van der Waals surface area contributed by atoms with E-state index in [-0.39, 0.29) is 5.91 Å². The number of hydrogen-bond acceptors (Lipinski definition) is 5. The highest BCUT2D eigenvalue weighted by Crippen LogP contribution is 2.04. The van der Waals surface area contributed by atoms with Crippen molar-refractivity contribution < 1.29 is 23.9 Å². The summed E-state index contributed by atoms with van der Waals surface area (Å²) in [5, 5.41) is 0. The fourth-order valence-corrected chi connectivity index (χ4v) is 2.21. The number of nitrogens with zero attached hydrogens (tertiary/aromatic N) is 3. The molecule has 1 rings (SSSR count). The molecule has 0 aromatic carbocycles. The first-order chi connectivity index (χ1) is 10.5. The second kappa shape index (κ2) is 9.37. The number of piperazine rings is 1. The van der Waals surface area contributed by atoms with Crippen LogP contribution in [0.4, 0.5) is 0 Å². The van der Waals surface area contributed by atoms with Gasteiger partial charge in [-0.15, -0.1) is 0 Å². The Labute approximate surface area is 130 Å². The Morgan fingerprint density at radius 2 is 1.36 bits per heavy atom. The maximum absolute atomic E-state index is 12.3. The maximum atomic E-state index is 12.3. The van der Waals surface area contributed by atoms with Crippen LogP contribution in [0.25, 0.3) is 0 Å². The highest BCUT2D eigenvalue weighted by atomic mass is 16.5. The van der Waals surface area contributed by atoms with Crippen LogP contribution in [0.15, 0.2) is 0 Å². The SMILES string of the molecule is COCCN(CCOC)C(=O)C(=O)N1CCN(C(C)=O)CC1. The predicted octanol–water partition coefficient (Wildman–Crippen LogP) is -1.20. The highest BCUT2D eigenvalue weighted by molar-refractivity contribution is 6.34. The fourth-order valence-electron chi connectivity index (χ4n) is 2.21. The Bertz CT molecular complexity index is 386. The average Bonchev–Trinajstić information content (AvgIpc) is 2.53. The van der Waals surface area contributed by atoms with Gasteiger partial charge in [-0.2, -0.15) is 0 Å². The van der Waals surface area contributed by atoms with Crippen LogP contribution in [0, 0.1) is 0 Å². The zero-order valence-corrected chi connectivity index (χ0v) is 13.5. The minimum atomic E-state index is -0.551. The van der Waals surface area contributed by atoms with Gasteiger partial charge in [0.2, 0.25) is 5.91 Å². The zero-order valence-electron chi connectivity index (χ0n) is 13.5. The Morgan fingerprint density at radius 3 is 1.77 bits per heavy atom. The van der Waals surface area contributed by atoms with Crippen LogP contribution in [-0.4, -0.2) is 99.1 Å². The third-order valence-electron chi connectivity index (χ3n) is 3.61. The fraction of sp³-hybridized carbons (Fsp3) is 0.786. The molecule has 0 spiro atoms. The molecule has 1 fully saturated rings. The third kappa shape index (κ3) is 5.27. The Balaban J connectivity index is 2.57. The van der Waals surface area contributed by atoms with Gasteiger partial charge in [0.05, 0.1) is 13.2 Å². The normalized spacial score (nSPS) is 14.9. The summed E-state index contributed by atoms with van der Waals surface area (Å²) in [5.74, 6) is -1.10. The van der Waals surface area contributed by atoms with Crippen molar-refractivity contribution in [1.29, 1.82) is 0 Å². The largest absolute Gasteiger partial charge is 0.383 e. The van der Waals surface area contributed by atoms with Crippen molar-refractivity contribution in [2.24, 2.45) is 0 Å². The van der Waals surface area contributed by atoms with Gasteiger partial charge in [-0.1, -0.05) is 0 Å². The molecule has 0 unspecified atom stereocenters. The molecule has 1 saturated heterocycles. The minimum Gasteiger partial charge on any atom is -0.383 e. The summed E-state index contributed by atoms with van der Waals surface area (Å²) in [6, 6.07) is 0. The van der Waals surface area contributed by atoms with Gasteiger partial charge in [-0.25, -0.2) is 0 Å². The van der Waals surface area contributed by atoms with E-state index in [0.717, 1.165) is 0 Å². The molecule has 3 amide bonds. The van der Waals surface area contributed by atoms with E-state index in [1.165, 1.54) is 16.7 Å². The second-order valence-electron chi connectivity index (χ2n) is 5.08. The predicted molar refractivity (Wildman–Crippen MR) is 79.2 cm³/mol. The molecule has 0 aromatic heterocycles. The lowest BCUT2D eigenvalue weighted by molar-refractivity contribution is -0.154. The summed E-state index contributed by atoms with van der Waals surface area (Å²) in [6.45, 7) is 4.60. The first-order valence-electron chi connectivity index (χ1n) is 7.32. The summed E-state index contributed by atoms with van der Waals surface area (Å²) in [4.78, 5) is 40.5. The molecule has 1 aliphatic heterocycles. The van der Waals surface area contributed by atoms with E-state index in [2.05, 4.69) is 0 Å². The number of carbonyl (C=O) groups excluding carboxylic acids is 3. The molecule has 0 aliphatic carbocycles. The summed E-state index contributed by atoms with van der Waals surface area (Å²) in [5.41, 5.74) is 0. The van der Waals surface area contributed by atoms with Crippen LogP contribution in [-0.2, 0) is 23.9 Å². The smallest absolute Gasteiger partial charge is 0.312 e. The molecule has 1 heterocycles. The van der Waals surface area contributed by atoms with Crippen molar-refractivity contribution in [2.75, 3.05) is 66.7 Å². The maximum Gasteiger partial charge on any atom is 0.312 e. The highest BCUT2D eigenvalue weighted by Gasteiger charge is 2.29. The molecule has 0 atom stereocenters. The van der Waals surface area contributed by atoms with Crippen LogP contribution >= 0.6 is 0 Å². The summed E-state index contributed by atoms with van der Waals surface area (Å²) in [7, 11) is 3.09. The van der Waals surface area contributed by atoms with E-state index in [1.54, 1.807) is 19.1 Å². The molecule has 1 aliphatic rings. The van der Waals surface area contributed by atoms with Crippen molar-refractivity contribution in [2.45, 2.75) is 6.92 Å². The van der Waals surface area contributed by atoms with Crippen molar-refractivity contribution in [3.8, 4) is 0 Å². The quantitative estimate of drug-likeness (QED) is 0.575. The van der Waals surface area contributed by atoms with Crippen LogP contribution in [0.2, 0.25) is 0 Å². The summed E-state index contributed by atoms with van der Waals surface area (Å²) >= 11 is 0. The van der Waals surface area contributed by atoms with Crippen molar-refractivity contribution in [1.82, 2.24) is 14.7 Å². The molecule has 0 N–H and O–H groups in total. The molecule has 126 valence electrons. The van der Waals surface area contributed by atoms with E-state index in [9.17, 15) is 14.4 Å². The molecule has 8 heteroatoms. The average molecular weight is 315 g/mol.